The summed E-state index contributed by atoms with van der Waals surface area (Å²) in [6.07, 6.45) is 1.97. The summed E-state index contributed by atoms with van der Waals surface area (Å²) in [5, 5.41) is 15.8. The van der Waals surface area contributed by atoms with Gasteiger partial charge < -0.3 is 15.3 Å². The second kappa shape index (κ2) is 6.01. The summed E-state index contributed by atoms with van der Waals surface area (Å²) in [6, 6.07) is -0.576. The number of hydrogen-bond acceptors (Lipinski definition) is 4. The van der Waals surface area contributed by atoms with Crippen molar-refractivity contribution in [1.82, 2.24) is 10.2 Å². The summed E-state index contributed by atoms with van der Waals surface area (Å²) in [7, 11) is -3.63. The highest BCUT2D eigenvalue weighted by atomic mass is 32.2. The van der Waals surface area contributed by atoms with Crippen LogP contribution in [0, 0.1) is 5.92 Å². The molecule has 4 N–H and O–H groups in total. The van der Waals surface area contributed by atoms with Gasteiger partial charge in [0.1, 0.15) is 6.54 Å². The van der Waals surface area contributed by atoms with Crippen molar-refractivity contribution in [3.05, 3.63) is 0 Å². The average Bonchev–Trinajstić information content (AvgIpc) is 2.97. The van der Waals surface area contributed by atoms with Gasteiger partial charge in [0.2, 0.25) is 10.0 Å². The highest BCUT2D eigenvalue weighted by Crippen LogP contribution is 2.29. The van der Waals surface area contributed by atoms with Gasteiger partial charge >= 0.3 is 12.0 Å². The lowest BCUT2D eigenvalue weighted by Crippen LogP contribution is -2.45. The number of primary sulfonamides is 1. The Labute approximate surface area is 105 Å². The molecule has 0 radical (unpaired) electrons. The minimum atomic E-state index is -3.63. The first-order chi connectivity index (χ1) is 8.28. The van der Waals surface area contributed by atoms with Crippen LogP contribution in [-0.2, 0) is 14.8 Å². The Morgan fingerprint density at radius 1 is 1.39 bits per heavy atom. The maximum Gasteiger partial charge on any atom is 0.323 e. The van der Waals surface area contributed by atoms with Crippen molar-refractivity contribution in [2.75, 3.05) is 25.4 Å². The molecule has 0 aromatic carbocycles. The van der Waals surface area contributed by atoms with Crippen molar-refractivity contribution in [3.8, 4) is 0 Å². The summed E-state index contributed by atoms with van der Waals surface area (Å²) in [6.45, 7) is -0.135. The molecule has 1 fully saturated rings. The lowest BCUT2D eigenvalue weighted by atomic mass is 10.3. The van der Waals surface area contributed by atoms with E-state index in [2.05, 4.69) is 5.32 Å². The summed E-state index contributed by atoms with van der Waals surface area (Å²) in [4.78, 5) is 23.4. The van der Waals surface area contributed by atoms with Crippen molar-refractivity contribution >= 4 is 22.0 Å². The number of amides is 2. The maximum atomic E-state index is 11.6. The first-order valence-corrected chi connectivity index (χ1v) is 7.24. The quantitative estimate of drug-likeness (QED) is 0.538. The monoisotopic (exact) mass is 279 g/mol. The van der Waals surface area contributed by atoms with E-state index in [1.165, 1.54) is 4.90 Å². The molecule has 0 unspecified atom stereocenters. The van der Waals surface area contributed by atoms with Crippen molar-refractivity contribution in [2.45, 2.75) is 12.8 Å². The molecule has 0 spiro atoms. The molecule has 8 nitrogen and oxygen atoms in total. The fourth-order valence-electron chi connectivity index (χ4n) is 1.41. The van der Waals surface area contributed by atoms with Crippen molar-refractivity contribution in [1.29, 1.82) is 0 Å². The van der Waals surface area contributed by atoms with Crippen LogP contribution < -0.4 is 10.5 Å². The van der Waals surface area contributed by atoms with Crippen molar-refractivity contribution < 1.29 is 23.1 Å². The van der Waals surface area contributed by atoms with E-state index in [0.717, 1.165) is 12.8 Å². The van der Waals surface area contributed by atoms with Crippen molar-refractivity contribution in [3.63, 3.8) is 0 Å². The number of sulfonamides is 1. The van der Waals surface area contributed by atoms with Crippen LogP contribution in [0.4, 0.5) is 4.79 Å². The molecule has 0 aromatic rings. The molecule has 0 atom stereocenters. The maximum absolute atomic E-state index is 11.6. The number of carboxylic acid groups (broad SMARTS) is 1. The van der Waals surface area contributed by atoms with E-state index >= 15 is 0 Å². The predicted octanol–water partition coefficient (Wildman–Crippen LogP) is -1.22. The molecule has 0 aliphatic heterocycles. The lowest BCUT2D eigenvalue weighted by molar-refractivity contribution is -0.137. The highest BCUT2D eigenvalue weighted by Gasteiger charge is 2.27. The Hall–Kier alpha value is -1.35. The fourth-order valence-corrected chi connectivity index (χ4v) is 1.79. The van der Waals surface area contributed by atoms with Gasteiger partial charge in [0.15, 0.2) is 0 Å². The molecule has 1 saturated carbocycles. The van der Waals surface area contributed by atoms with Gasteiger partial charge in [-0.25, -0.2) is 18.4 Å². The number of nitrogens with one attached hydrogen (secondary N) is 1. The topological polar surface area (TPSA) is 130 Å². The van der Waals surface area contributed by atoms with E-state index in [4.69, 9.17) is 10.2 Å². The summed E-state index contributed by atoms with van der Waals surface area (Å²) >= 11 is 0. The molecule has 1 rings (SSSR count). The van der Waals surface area contributed by atoms with Gasteiger partial charge in [0.25, 0.3) is 0 Å². The number of urea groups is 1. The average molecular weight is 279 g/mol. The number of carbonyl (C=O) groups excluding carboxylic acids is 1. The van der Waals surface area contributed by atoms with Crippen LogP contribution >= 0.6 is 0 Å². The third-order valence-electron chi connectivity index (χ3n) is 2.45. The Morgan fingerprint density at radius 2 is 2.00 bits per heavy atom. The van der Waals surface area contributed by atoms with Gasteiger partial charge in [-0.05, 0) is 18.8 Å². The molecular weight excluding hydrogens is 262 g/mol. The number of hydrogen-bond donors (Lipinski definition) is 3. The largest absolute Gasteiger partial charge is 0.480 e. The Balaban J connectivity index is 2.40. The number of carboxylic acids is 1. The van der Waals surface area contributed by atoms with Crippen LogP contribution in [0.1, 0.15) is 12.8 Å². The van der Waals surface area contributed by atoms with Crippen LogP contribution in [0.2, 0.25) is 0 Å². The zero-order valence-corrected chi connectivity index (χ0v) is 10.6. The Bertz CT molecular complexity index is 418. The molecule has 0 saturated heterocycles. The SMILES string of the molecule is NS(=O)(=O)CCNC(=O)N(CC(=O)O)CC1CC1. The normalized spacial score (nSPS) is 15.2. The summed E-state index contributed by atoms with van der Waals surface area (Å²) in [5.41, 5.74) is 0. The molecule has 1 aliphatic carbocycles. The predicted molar refractivity (Wildman–Crippen MR) is 63.3 cm³/mol. The number of nitrogens with two attached hydrogens (primary N) is 1. The summed E-state index contributed by atoms with van der Waals surface area (Å²) < 4.78 is 21.3. The Morgan fingerprint density at radius 3 is 2.44 bits per heavy atom. The van der Waals surface area contributed by atoms with Gasteiger partial charge in [-0.2, -0.15) is 0 Å². The van der Waals surface area contributed by atoms with Gasteiger partial charge in [0, 0.05) is 13.1 Å². The van der Waals surface area contributed by atoms with Gasteiger partial charge in [-0.3, -0.25) is 4.79 Å². The van der Waals surface area contributed by atoms with Crippen molar-refractivity contribution in [2.24, 2.45) is 11.1 Å². The third-order valence-corrected chi connectivity index (χ3v) is 3.22. The number of nitrogens with zero attached hydrogens (tertiary/aromatic N) is 1. The zero-order valence-electron chi connectivity index (χ0n) is 9.83. The highest BCUT2D eigenvalue weighted by molar-refractivity contribution is 7.89. The molecule has 0 bridgehead atoms. The second-order valence-corrected chi connectivity index (χ2v) is 6.05. The zero-order chi connectivity index (χ0) is 13.8. The first-order valence-electron chi connectivity index (χ1n) is 5.53. The lowest BCUT2D eigenvalue weighted by Gasteiger charge is -2.20. The van der Waals surface area contributed by atoms with Crippen LogP contribution in [0.5, 0.6) is 0 Å². The van der Waals surface area contributed by atoms with Gasteiger partial charge in [-0.1, -0.05) is 0 Å². The molecule has 0 aromatic heterocycles. The molecule has 9 heteroatoms. The third kappa shape index (κ3) is 6.40. The molecule has 18 heavy (non-hydrogen) atoms. The molecule has 2 amide bonds. The van der Waals surface area contributed by atoms with Crippen LogP contribution in [0.25, 0.3) is 0 Å². The van der Waals surface area contributed by atoms with Crippen LogP contribution in [-0.4, -0.2) is 55.8 Å². The van der Waals surface area contributed by atoms with E-state index in [9.17, 15) is 18.0 Å². The molecule has 104 valence electrons. The molecular formula is C9H17N3O5S. The first kappa shape index (κ1) is 14.7. The van der Waals surface area contributed by atoms with Gasteiger partial charge in [-0.15, -0.1) is 0 Å². The molecule has 0 heterocycles. The van der Waals surface area contributed by atoms with E-state index in [0.29, 0.717) is 12.5 Å². The number of aliphatic carboxylic acids is 1. The Kier molecular flexibility index (Phi) is 4.91. The fraction of sp³-hybridized carbons (Fsp3) is 0.778. The minimum absolute atomic E-state index is 0.127. The second-order valence-electron chi connectivity index (χ2n) is 4.32. The van der Waals surface area contributed by atoms with Gasteiger partial charge in [0.05, 0.1) is 5.75 Å². The number of rotatable bonds is 7. The van der Waals surface area contributed by atoms with E-state index in [1.54, 1.807) is 0 Å². The summed E-state index contributed by atoms with van der Waals surface area (Å²) in [5.74, 6) is -1.12. The van der Waals surface area contributed by atoms with E-state index < -0.39 is 28.6 Å². The van der Waals surface area contributed by atoms with Crippen LogP contribution in [0.15, 0.2) is 0 Å². The minimum Gasteiger partial charge on any atom is -0.480 e. The molecule has 1 aliphatic rings. The standard InChI is InChI=1S/C9H17N3O5S/c10-18(16,17)4-3-11-9(15)12(6-8(13)14)5-7-1-2-7/h7H,1-6H2,(H,11,15)(H,13,14)(H2,10,16,17). The van der Waals surface area contributed by atoms with Crippen LogP contribution in [0.3, 0.4) is 0 Å². The smallest absolute Gasteiger partial charge is 0.323 e. The number of carbonyl (C=O) groups is 2. The van der Waals surface area contributed by atoms with E-state index in [-0.39, 0.29) is 12.3 Å². The van der Waals surface area contributed by atoms with E-state index in [1.807, 2.05) is 0 Å².